The Hall–Kier alpha value is 0.300. The molecule has 8 heteroatoms. The smallest absolute Gasteiger partial charge is 0.344 e. The first-order valence-electron chi connectivity index (χ1n) is 3.21. The normalized spacial score (nSPS) is 11.8. The summed E-state index contributed by atoms with van der Waals surface area (Å²) in [5.74, 6) is 0. The molecular weight excluding hydrogens is 206 g/mol. The summed E-state index contributed by atoms with van der Waals surface area (Å²) in [4.78, 5) is 30.2. The molecule has 0 rings (SSSR count). The maximum absolute atomic E-state index is 10.5. The summed E-state index contributed by atoms with van der Waals surface area (Å²) < 4.78 is 19.4. The second-order valence-electron chi connectivity index (χ2n) is 1.99. The lowest BCUT2D eigenvalue weighted by atomic mass is 11.0. The third-order valence-corrected chi connectivity index (χ3v) is 2.96. The molecule has 0 aliphatic carbocycles. The molecule has 4 N–H and O–H groups in total. The Morgan fingerprint density at radius 1 is 0.917 bits per heavy atom. The quantitative estimate of drug-likeness (QED) is 0.499. The Morgan fingerprint density at radius 2 is 1.08 bits per heavy atom. The lowest BCUT2D eigenvalue weighted by Gasteiger charge is -2.01. The summed E-state index contributed by atoms with van der Waals surface area (Å²) in [6.45, 7) is 3.45. The van der Waals surface area contributed by atoms with Gasteiger partial charge < -0.3 is 19.6 Å². The van der Waals surface area contributed by atoms with E-state index in [2.05, 4.69) is 0 Å². The molecule has 0 spiro atoms. The van der Waals surface area contributed by atoms with Gasteiger partial charge in [-0.1, -0.05) is 13.8 Å². The molecule has 0 unspecified atom stereocenters. The highest BCUT2D eigenvalue weighted by Gasteiger charge is 2.08. The Kier molecular flexibility index (Phi) is 7.23. The predicted molar refractivity (Wildman–Crippen MR) is 45.2 cm³/mol. The van der Waals surface area contributed by atoms with Crippen LogP contribution in [0.15, 0.2) is 0 Å². The summed E-state index contributed by atoms with van der Waals surface area (Å²) in [5, 5.41) is 0. The molecule has 0 saturated heterocycles. The zero-order chi connectivity index (χ0) is 10.4. The van der Waals surface area contributed by atoms with Crippen molar-refractivity contribution in [2.24, 2.45) is 0 Å². The fourth-order valence-electron chi connectivity index (χ4n) is 0.224. The van der Waals surface area contributed by atoms with Crippen LogP contribution < -0.4 is 0 Å². The van der Waals surface area contributed by atoms with Crippen LogP contribution in [0.3, 0.4) is 0 Å². The van der Waals surface area contributed by atoms with Crippen LogP contribution in [0.1, 0.15) is 13.8 Å². The van der Waals surface area contributed by atoms with Crippen LogP contribution in [0.5, 0.6) is 0 Å². The van der Waals surface area contributed by atoms with E-state index in [1.165, 1.54) is 0 Å². The van der Waals surface area contributed by atoms with Crippen molar-refractivity contribution in [3.05, 3.63) is 0 Å². The van der Waals surface area contributed by atoms with E-state index in [1.807, 2.05) is 0 Å². The van der Waals surface area contributed by atoms with Crippen LogP contribution in [0.25, 0.3) is 0 Å². The van der Waals surface area contributed by atoms with Crippen LogP contribution in [0.2, 0.25) is 0 Å². The van der Waals surface area contributed by atoms with Crippen molar-refractivity contribution < 1.29 is 28.7 Å². The summed E-state index contributed by atoms with van der Waals surface area (Å²) in [6.07, 6.45) is 0.812. The molecule has 0 aliphatic rings. The van der Waals surface area contributed by atoms with E-state index < -0.39 is 15.2 Å². The van der Waals surface area contributed by atoms with Gasteiger partial charge in [-0.3, -0.25) is 4.57 Å². The van der Waals surface area contributed by atoms with Gasteiger partial charge in [-0.2, -0.15) is 0 Å². The zero-order valence-corrected chi connectivity index (χ0v) is 8.70. The summed E-state index contributed by atoms with van der Waals surface area (Å²) in [6, 6.07) is 0. The number of rotatable bonds is 2. The molecule has 0 aliphatic heterocycles. The first kappa shape index (κ1) is 14.8. The fraction of sp³-hybridized carbons (Fsp3) is 1.00. The topological polar surface area (TPSA) is 115 Å². The fourth-order valence-corrected chi connectivity index (χ4v) is 0.671. The lowest BCUT2D eigenvalue weighted by Crippen LogP contribution is -1.84. The van der Waals surface area contributed by atoms with Gasteiger partial charge >= 0.3 is 7.82 Å². The van der Waals surface area contributed by atoms with Crippen molar-refractivity contribution in [1.29, 1.82) is 0 Å². The number of hydrogen-bond donors (Lipinski definition) is 4. The molecule has 0 bridgehead atoms. The first-order valence-corrected chi connectivity index (χ1v) is 6.81. The van der Waals surface area contributed by atoms with E-state index in [4.69, 9.17) is 24.1 Å². The molecule has 6 nitrogen and oxygen atoms in total. The molecule has 0 amide bonds. The van der Waals surface area contributed by atoms with Gasteiger partial charge in [0.15, 0.2) is 7.37 Å². The third-order valence-electron chi connectivity index (χ3n) is 0.988. The summed E-state index contributed by atoms with van der Waals surface area (Å²) >= 11 is 0. The molecule has 0 fully saturated rings. The Morgan fingerprint density at radius 3 is 1.08 bits per heavy atom. The van der Waals surface area contributed by atoms with Gasteiger partial charge in [0.25, 0.3) is 0 Å². The Bertz CT molecular complexity index is 179. The number of hydrogen-bond acceptors (Lipinski definition) is 2. The molecular formula is C4H14O6P2. The van der Waals surface area contributed by atoms with Crippen LogP contribution in [-0.2, 0) is 9.13 Å². The molecule has 0 saturated carbocycles. The van der Waals surface area contributed by atoms with Gasteiger partial charge in [0, 0.05) is 12.3 Å². The molecule has 0 atom stereocenters. The summed E-state index contributed by atoms with van der Waals surface area (Å²) in [5.41, 5.74) is 0. The molecule has 0 heterocycles. The second-order valence-corrected chi connectivity index (χ2v) is 5.98. The minimum atomic E-state index is -4.64. The summed E-state index contributed by atoms with van der Waals surface area (Å²) in [7, 11) is -7.29. The molecule has 76 valence electrons. The Balaban J connectivity index is 0. The van der Waals surface area contributed by atoms with Crippen LogP contribution in [0.4, 0.5) is 0 Å². The third kappa shape index (κ3) is 22.4. The van der Waals surface area contributed by atoms with Crippen molar-refractivity contribution in [2.45, 2.75) is 13.8 Å². The van der Waals surface area contributed by atoms with Crippen LogP contribution in [0, 0.1) is 0 Å². The SMILES string of the molecule is CCP(=O)(O)CC.O=P(O)(O)O. The largest absolute Gasteiger partial charge is 0.466 e. The highest BCUT2D eigenvalue weighted by molar-refractivity contribution is 7.57. The van der Waals surface area contributed by atoms with Crippen molar-refractivity contribution >= 4 is 15.2 Å². The monoisotopic (exact) mass is 220 g/mol. The van der Waals surface area contributed by atoms with Gasteiger partial charge in [-0.15, -0.1) is 0 Å². The van der Waals surface area contributed by atoms with Crippen LogP contribution >= 0.6 is 15.2 Å². The Labute approximate surface area is 70.9 Å². The predicted octanol–water partition coefficient (Wildman–Crippen LogP) is 0.368. The van der Waals surface area contributed by atoms with Gasteiger partial charge in [0.1, 0.15) is 0 Å². The van der Waals surface area contributed by atoms with E-state index >= 15 is 0 Å². The van der Waals surface area contributed by atoms with Crippen molar-refractivity contribution in [1.82, 2.24) is 0 Å². The van der Waals surface area contributed by atoms with Crippen molar-refractivity contribution in [3.63, 3.8) is 0 Å². The minimum absolute atomic E-state index is 0.406. The van der Waals surface area contributed by atoms with E-state index in [1.54, 1.807) is 13.8 Å². The highest BCUT2D eigenvalue weighted by atomic mass is 31.2. The van der Waals surface area contributed by atoms with Crippen LogP contribution in [-0.4, -0.2) is 31.9 Å². The molecule has 0 aromatic heterocycles. The minimum Gasteiger partial charge on any atom is -0.344 e. The average Bonchev–Trinajstić information content (AvgIpc) is 1.85. The average molecular weight is 220 g/mol. The van der Waals surface area contributed by atoms with Gasteiger partial charge in [0.2, 0.25) is 0 Å². The maximum Gasteiger partial charge on any atom is 0.466 e. The lowest BCUT2D eigenvalue weighted by molar-refractivity contribution is 0.275. The molecule has 0 aromatic carbocycles. The van der Waals surface area contributed by atoms with Crippen molar-refractivity contribution in [2.75, 3.05) is 12.3 Å². The van der Waals surface area contributed by atoms with E-state index in [-0.39, 0.29) is 0 Å². The maximum atomic E-state index is 10.5. The second kappa shape index (κ2) is 5.86. The van der Waals surface area contributed by atoms with Gasteiger partial charge in [0.05, 0.1) is 0 Å². The molecule has 12 heavy (non-hydrogen) atoms. The zero-order valence-electron chi connectivity index (χ0n) is 6.91. The molecule has 0 radical (unpaired) electrons. The number of phosphoric acid groups is 1. The van der Waals surface area contributed by atoms with Gasteiger partial charge in [-0.05, 0) is 0 Å². The molecule has 0 aromatic rings. The van der Waals surface area contributed by atoms with Crippen molar-refractivity contribution in [3.8, 4) is 0 Å². The first-order chi connectivity index (χ1) is 5.12. The van der Waals surface area contributed by atoms with Gasteiger partial charge in [-0.25, -0.2) is 4.57 Å². The van der Waals surface area contributed by atoms with E-state index in [0.717, 1.165) is 0 Å². The highest BCUT2D eigenvalue weighted by Crippen LogP contribution is 2.38. The standard InChI is InChI=1S/C4H11O2P.H3O4P/c1-3-7(5,6)4-2;1-5(2,3)4/h3-4H2,1-2H3,(H,5,6);(H3,1,2,3,4). The van der Waals surface area contributed by atoms with E-state index in [0.29, 0.717) is 12.3 Å². The van der Waals surface area contributed by atoms with E-state index in [9.17, 15) is 4.57 Å².